The predicted molar refractivity (Wildman–Crippen MR) is 65.4 cm³/mol. The molecule has 0 aromatic carbocycles. The van der Waals surface area contributed by atoms with Gasteiger partial charge in [-0.1, -0.05) is 0 Å². The van der Waals surface area contributed by atoms with Crippen LogP contribution in [0.5, 0.6) is 0 Å². The summed E-state index contributed by atoms with van der Waals surface area (Å²) < 4.78 is 2.02. The second-order valence-electron chi connectivity index (χ2n) is 4.93. The summed E-state index contributed by atoms with van der Waals surface area (Å²) in [4.78, 5) is 30.9. The lowest BCUT2D eigenvalue weighted by atomic mass is 10.2. The summed E-state index contributed by atoms with van der Waals surface area (Å²) in [7, 11) is 0. The zero-order chi connectivity index (χ0) is 13.4. The van der Waals surface area contributed by atoms with Gasteiger partial charge in [0.25, 0.3) is 0 Å². The van der Waals surface area contributed by atoms with Gasteiger partial charge < -0.3 is 19.5 Å². The maximum absolute atomic E-state index is 12.4. The molecule has 1 fully saturated rings. The monoisotopic (exact) mass is 264 g/mol. The summed E-state index contributed by atoms with van der Waals surface area (Å²) >= 11 is 0. The Kier molecular flexibility index (Phi) is 2.88. The number of aromatic nitrogens is 2. The Morgan fingerprint density at radius 1 is 1.32 bits per heavy atom. The molecule has 3 heterocycles. The van der Waals surface area contributed by atoms with Gasteiger partial charge in [0.2, 0.25) is 0 Å². The highest BCUT2D eigenvalue weighted by Gasteiger charge is 2.37. The Labute approximate surface area is 110 Å². The molecule has 0 radical (unpaired) electrons. The number of rotatable bonds is 1. The minimum Gasteiger partial charge on any atom is -0.480 e. The molecular formula is C12H16N4O3. The largest absolute Gasteiger partial charge is 0.480 e. The number of hydrogen-bond donors (Lipinski definition) is 1. The van der Waals surface area contributed by atoms with Gasteiger partial charge in [0.05, 0.1) is 6.54 Å². The van der Waals surface area contributed by atoms with Gasteiger partial charge in [-0.25, -0.2) is 14.6 Å². The molecule has 3 rings (SSSR count). The maximum Gasteiger partial charge on any atom is 0.326 e. The Morgan fingerprint density at radius 2 is 2.16 bits per heavy atom. The van der Waals surface area contributed by atoms with E-state index in [0.29, 0.717) is 32.6 Å². The molecule has 2 aliphatic rings. The van der Waals surface area contributed by atoms with Crippen LogP contribution in [0.2, 0.25) is 0 Å². The molecule has 1 N–H and O–H groups in total. The number of carboxylic acids is 1. The van der Waals surface area contributed by atoms with Gasteiger partial charge in [0, 0.05) is 32.0 Å². The molecule has 0 aliphatic carbocycles. The molecule has 1 aromatic heterocycles. The van der Waals surface area contributed by atoms with E-state index in [1.54, 1.807) is 11.1 Å². The average Bonchev–Trinajstić information content (AvgIpc) is 3.05. The smallest absolute Gasteiger partial charge is 0.326 e. The highest BCUT2D eigenvalue weighted by molar-refractivity contribution is 5.83. The molecule has 19 heavy (non-hydrogen) atoms. The summed E-state index contributed by atoms with van der Waals surface area (Å²) in [5.41, 5.74) is 0. The van der Waals surface area contributed by atoms with Crippen LogP contribution in [0.3, 0.4) is 0 Å². The van der Waals surface area contributed by atoms with Crippen molar-refractivity contribution in [2.24, 2.45) is 0 Å². The minimum atomic E-state index is -0.913. The van der Waals surface area contributed by atoms with Crippen LogP contribution in [0.15, 0.2) is 12.4 Å². The van der Waals surface area contributed by atoms with E-state index in [1.165, 1.54) is 4.90 Å². The van der Waals surface area contributed by atoms with E-state index in [9.17, 15) is 9.59 Å². The molecule has 7 heteroatoms. The van der Waals surface area contributed by atoms with Crippen molar-refractivity contribution in [1.82, 2.24) is 19.4 Å². The standard InChI is InChI=1S/C12H16N4O3/c17-11(18)9-2-1-4-16(9)12(19)15-7-6-14-5-3-13-10(14)8-15/h3,5,9H,1-2,4,6-8H2,(H,17,18)/t9-/m1/s1. The number of amides is 2. The number of carboxylic acid groups (broad SMARTS) is 1. The molecule has 7 nitrogen and oxygen atoms in total. The number of hydrogen-bond acceptors (Lipinski definition) is 3. The van der Waals surface area contributed by atoms with Crippen LogP contribution in [0.4, 0.5) is 4.79 Å². The number of imidazole rings is 1. The van der Waals surface area contributed by atoms with Crippen molar-refractivity contribution in [1.29, 1.82) is 0 Å². The third kappa shape index (κ3) is 2.05. The van der Waals surface area contributed by atoms with Gasteiger partial charge in [-0.2, -0.15) is 0 Å². The zero-order valence-electron chi connectivity index (χ0n) is 10.5. The first-order chi connectivity index (χ1) is 9.16. The molecule has 0 bridgehead atoms. The molecule has 1 aromatic rings. The minimum absolute atomic E-state index is 0.181. The van der Waals surface area contributed by atoms with Gasteiger partial charge in [-0.05, 0) is 12.8 Å². The summed E-state index contributed by atoms with van der Waals surface area (Å²) in [5, 5.41) is 9.13. The van der Waals surface area contributed by atoms with Crippen molar-refractivity contribution in [3.8, 4) is 0 Å². The van der Waals surface area contributed by atoms with Gasteiger partial charge >= 0.3 is 12.0 Å². The summed E-state index contributed by atoms with van der Waals surface area (Å²) in [6.45, 7) is 2.30. The molecule has 0 spiro atoms. The fraction of sp³-hybridized carbons (Fsp3) is 0.583. The average molecular weight is 264 g/mol. The van der Waals surface area contributed by atoms with Gasteiger partial charge in [0.1, 0.15) is 11.9 Å². The number of aliphatic carboxylic acids is 1. The molecular weight excluding hydrogens is 248 g/mol. The Hall–Kier alpha value is -2.05. The first-order valence-electron chi connectivity index (χ1n) is 6.45. The van der Waals surface area contributed by atoms with E-state index < -0.39 is 12.0 Å². The molecule has 0 saturated carbocycles. The van der Waals surface area contributed by atoms with Crippen molar-refractivity contribution in [3.63, 3.8) is 0 Å². The van der Waals surface area contributed by atoms with E-state index in [0.717, 1.165) is 12.2 Å². The van der Waals surface area contributed by atoms with E-state index in [1.807, 2.05) is 10.8 Å². The first-order valence-corrected chi connectivity index (χ1v) is 6.45. The molecule has 2 amide bonds. The van der Waals surface area contributed by atoms with Crippen LogP contribution in [0.25, 0.3) is 0 Å². The summed E-state index contributed by atoms with van der Waals surface area (Å²) in [6, 6.07) is -0.853. The number of fused-ring (bicyclic) bond motifs is 1. The fourth-order valence-electron chi connectivity index (χ4n) is 2.77. The number of urea groups is 1. The maximum atomic E-state index is 12.4. The van der Waals surface area contributed by atoms with E-state index in [4.69, 9.17) is 5.11 Å². The second kappa shape index (κ2) is 4.56. The van der Waals surface area contributed by atoms with Crippen molar-refractivity contribution in [2.45, 2.75) is 32.0 Å². The Morgan fingerprint density at radius 3 is 2.95 bits per heavy atom. The molecule has 0 unspecified atom stereocenters. The molecule has 1 saturated heterocycles. The van der Waals surface area contributed by atoms with Crippen molar-refractivity contribution in [3.05, 3.63) is 18.2 Å². The lowest BCUT2D eigenvalue weighted by Gasteiger charge is -2.33. The van der Waals surface area contributed by atoms with Crippen LogP contribution >= 0.6 is 0 Å². The Bertz CT molecular complexity index is 513. The third-order valence-electron chi connectivity index (χ3n) is 3.80. The van der Waals surface area contributed by atoms with Crippen LogP contribution in [0.1, 0.15) is 18.7 Å². The topological polar surface area (TPSA) is 78.7 Å². The zero-order valence-corrected chi connectivity index (χ0v) is 10.5. The van der Waals surface area contributed by atoms with Gasteiger partial charge in [-0.3, -0.25) is 0 Å². The predicted octanol–water partition coefficient (Wildman–Crippen LogP) is 0.368. The quantitative estimate of drug-likeness (QED) is 0.794. The van der Waals surface area contributed by atoms with Gasteiger partial charge in [0.15, 0.2) is 0 Å². The molecule has 102 valence electrons. The number of carbonyl (C=O) groups excluding carboxylic acids is 1. The number of likely N-dealkylation sites (tertiary alicyclic amines) is 1. The van der Waals surface area contributed by atoms with Crippen LogP contribution in [-0.4, -0.2) is 55.6 Å². The highest BCUT2D eigenvalue weighted by atomic mass is 16.4. The van der Waals surface area contributed by atoms with Crippen LogP contribution < -0.4 is 0 Å². The highest BCUT2D eigenvalue weighted by Crippen LogP contribution is 2.21. The summed E-state index contributed by atoms with van der Waals surface area (Å²) in [5.74, 6) is -0.0602. The molecule has 1 atom stereocenters. The third-order valence-corrected chi connectivity index (χ3v) is 3.80. The van der Waals surface area contributed by atoms with Crippen molar-refractivity contribution in [2.75, 3.05) is 13.1 Å². The Balaban J connectivity index is 1.73. The van der Waals surface area contributed by atoms with E-state index >= 15 is 0 Å². The SMILES string of the molecule is O=C(O)[C@H]1CCCN1C(=O)N1CCn2ccnc2C1. The fourth-order valence-corrected chi connectivity index (χ4v) is 2.77. The van der Waals surface area contributed by atoms with Crippen molar-refractivity contribution >= 4 is 12.0 Å². The number of carbonyl (C=O) groups is 2. The lowest BCUT2D eigenvalue weighted by Crippen LogP contribution is -2.50. The van der Waals surface area contributed by atoms with E-state index in [-0.39, 0.29) is 6.03 Å². The van der Waals surface area contributed by atoms with Crippen LogP contribution in [0, 0.1) is 0 Å². The van der Waals surface area contributed by atoms with E-state index in [2.05, 4.69) is 4.98 Å². The first kappa shape index (κ1) is 12.0. The number of nitrogens with zero attached hydrogens (tertiary/aromatic N) is 4. The normalized spacial score (nSPS) is 22.4. The lowest BCUT2D eigenvalue weighted by molar-refractivity contribution is -0.141. The van der Waals surface area contributed by atoms with Crippen molar-refractivity contribution < 1.29 is 14.7 Å². The second-order valence-corrected chi connectivity index (χ2v) is 4.93. The molecule has 2 aliphatic heterocycles. The van der Waals surface area contributed by atoms with Crippen LogP contribution in [-0.2, 0) is 17.9 Å². The van der Waals surface area contributed by atoms with Gasteiger partial charge in [-0.15, -0.1) is 0 Å². The summed E-state index contributed by atoms with van der Waals surface area (Å²) in [6.07, 6.45) is 4.92.